The highest BCUT2D eigenvalue weighted by atomic mass is 79.9. The van der Waals surface area contributed by atoms with Crippen LogP contribution in [0, 0.1) is 0 Å². The first-order valence-electron chi connectivity index (χ1n) is 9.75. The smallest absolute Gasteiger partial charge is 0.137 e. The molecule has 0 atom stereocenters. The molecule has 0 bridgehead atoms. The third-order valence-electron chi connectivity index (χ3n) is 5.23. The van der Waals surface area contributed by atoms with Gasteiger partial charge < -0.3 is 9.47 Å². The van der Waals surface area contributed by atoms with Crippen LogP contribution in [0.15, 0.2) is 21.1 Å². The molecule has 0 aliphatic rings. The van der Waals surface area contributed by atoms with Gasteiger partial charge in [-0.2, -0.15) is 0 Å². The summed E-state index contributed by atoms with van der Waals surface area (Å²) in [6.45, 7) is 13.3. The van der Waals surface area contributed by atoms with Crippen molar-refractivity contribution in [2.75, 3.05) is 14.2 Å². The van der Waals surface area contributed by atoms with Gasteiger partial charge in [-0.1, -0.05) is 73.4 Å². The lowest BCUT2D eigenvalue weighted by molar-refractivity contribution is 0.394. The Morgan fingerprint density at radius 1 is 0.667 bits per heavy atom. The van der Waals surface area contributed by atoms with E-state index >= 15 is 0 Å². The number of hydrogen-bond donors (Lipinski definition) is 0. The molecule has 2 aromatic rings. The molecule has 2 rings (SSSR count). The van der Waals surface area contributed by atoms with Crippen molar-refractivity contribution in [2.45, 2.75) is 63.0 Å². The van der Waals surface area contributed by atoms with Gasteiger partial charge in [-0.15, -0.1) is 0 Å². The van der Waals surface area contributed by atoms with Crippen LogP contribution in [-0.4, -0.2) is 14.2 Å². The molecular formula is C24H30Br4O2. The number of alkyl halides is 2. The van der Waals surface area contributed by atoms with Crippen LogP contribution < -0.4 is 9.47 Å². The zero-order valence-electron chi connectivity index (χ0n) is 18.9. The van der Waals surface area contributed by atoms with Gasteiger partial charge in [-0.25, -0.2) is 0 Å². The minimum Gasteiger partial charge on any atom is -0.495 e. The lowest BCUT2D eigenvalue weighted by atomic mass is 9.80. The van der Waals surface area contributed by atoms with Gasteiger partial charge >= 0.3 is 0 Å². The Morgan fingerprint density at radius 2 is 0.967 bits per heavy atom. The Balaban J connectivity index is 3.06. The van der Waals surface area contributed by atoms with E-state index < -0.39 is 0 Å². The third kappa shape index (κ3) is 4.97. The highest BCUT2D eigenvalue weighted by Gasteiger charge is 2.29. The molecule has 0 spiro atoms. The van der Waals surface area contributed by atoms with E-state index in [9.17, 15) is 0 Å². The van der Waals surface area contributed by atoms with Crippen molar-refractivity contribution in [2.24, 2.45) is 0 Å². The number of ether oxygens (including phenoxy) is 2. The molecular weight excluding hydrogens is 640 g/mol. The second kappa shape index (κ2) is 9.84. The molecule has 30 heavy (non-hydrogen) atoms. The van der Waals surface area contributed by atoms with E-state index in [1.54, 1.807) is 14.2 Å². The second-order valence-corrected chi connectivity index (χ2v) is 12.1. The van der Waals surface area contributed by atoms with Crippen molar-refractivity contribution in [3.8, 4) is 22.6 Å². The first-order valence-corrected chi connectivity index (χ1v) is 13.6. The lowest BCUT2D eigenvalue weighted by Gasteiger charge is -2.29. The van der Waals surface area contributed by atoms with E-state index in [1.807, 2.05) is 0 Å². The van der Waals surface area contributed by atoms with E-state index in [0.717, 1.165) is 20.4 Å². The molecule has 0 aliphatic heterocycles. The van der Waals surface area contributed by atoms with Crippen LogP contribution in [0.4, 0.5) is 0 Å². The Bertz CT molecular complexity index is 861. The molecule has 0 aromatic heterocycles. The van der Waals surface area contributed by atoms with E-state index in [2.05, 4.69) is 117 Å². The van der Waals surface area contributed by atoms with Gasteiger partial charge in [-0.3, -0.25) is 0 Å². The first-order chi connectivity index (χ1) is 13.8. The predicted molar refractivity (Wildman–Crippen MR) is 143 cm³/mol. The predicted octanol–water partition coefficient (Wildman–Crippen LogP) is 9.28. The number of benzene rings is 2. The van der Waals surface area contributed by atoms with Gasteiger partial charge in [0.2, 0.25) is 0 Å². The highest BCUT2D eigenvalue weighted by Crippen LogP contribution is 2.49. The van der Waals surface area contributed by atoms with E-state index in [0.29, 0.717) is 10.7 Å². The van der Waals surface area contributed by atoms with Crippen molar-refractivity contribution in [1.82, 2.24) is 0 Å². The Morgan fingerprint density at radius 3 is 1.17 bits per heavy atom. The lowest BCUT2D eigenvalue weighted by Crippen LogP contribution is -2.16. The number of hydrogen-bond acceptors (Lipinski definition) is 2. The molecule has 0 aliphatic carbocycles. The summed E-state index contributed by atoms with van der Waals surface area (Å²) in [5.74, 6) is 1.79. The van der Waals surface area contributed by atoms with Crippen LogP contribution in [0.5, 0.6) is 11.5 Å². The van der Waals surface area contributed by atoms with Crippen LogP contribution in [0.1, 0.15) is 63.8 Å². The largest absolute Gasteiger partial charge is 0.495 e. The molecule has 6 heteroatoms. The number of rotatable bonds is 5. The number of methoxy groups -OCH3 is 2. The molecule has 0 amide bonds. The Kier molecular flexibility index (Phi) is 8.60. The summed E-state index contributed by atoms with van der Waals surface area (Å²) < 4.78 is 13.6. The van der Waals surface area contributed by atoms with Gasteiger partial charge in [0, 0.05) is 21.8 Å². The zero-order valence-corrected chi connectivity index (χ0v) is 25.2. The summed E-state index contributed by atoms with van der Waals surface area (Å²) in [6.07, 6.45) is 0. The fourth-order valence-corrected chi connectivity index (χ4v) is 6.97. The average Bonchev–Trinajstić information content (AvgIpc) is 2.64. The van der Waals surface area contributed by atoms with Gasteiger partial charge in [0.1, 0.15) is 11.5 Å². The molecule has 0 heterocycles. The summed E-state index contributed by atoms with van der Waals surface area (Å²) in [6, 6.07) is 4.57. The Hall–Kier alpha value is -0.0400. The van der Waals surface area contributed by atoms with Gasteiger partial charge in [0.25, 0.3) is 0 Å². The summed E-state index contributed by atoms with van der Waals surface area (Å²) >= 11 is 15.1. The van der Waals surface area contributed by atoms with Gasteiger partial charge in [0.05, 0.1) is 23.2 Å². The monoisotopic (exact) mass is 666 g/mol. The molecule has 0 unspecified atom stereocenters. The maximum absolute atomic E-state index is 5.82. The molecule has 2 nitrogen and oxygen atoms in total. The fourth-order valence-electron chi connectivity index (χ4n) is 3.60. The van der Waals surface area contributed by atoms with Crippen LogP contribution in [0.2, 0.25) is 0 Å². The Labute approximate surface area is 215 Å². The van der Waals surface area contributed by atoms with Crippen molar-refractivity contribution in [3.05, 3.63) is 43.3 Å². The normalized spacial score (nSPS) is 12.3. The quantitative estimate of drug-likeness (QED) is 0.296. The topological polar surface area (TPSA) is 18.5 Å². The molecule has 0 saturated carbocycles. The highest BCUT2D eigenvalue weighted by molar-refractivity contribution is 9.11. The summed E-state index contributed by atoms with van der Waals surface area (Å²) in [7, 11) is 3.47. The molecule has 0 fully saturated rings. The van der Waals surface area contributed by atoms with Gasteiger partial charge in [0.15, 0.2) is 0 Å². The summed E-state index contributed by atoms with van der Waals surface area (Å²) in [5.41, 5.74) is 6.90. The molecule has 2 aromatic carbocycles. The van der Waals surface area contributed by atoms with Gasteiger partial charge in [-0.05, 0) is 77.1 Å². The van der Waals surface area contributed by atoms with Crippen molar-refractivity contribution < 1.29 is 9.47 Å². The molecule has 0 N–H and O–H groups in total. The molecule has 166 valence electrons. The van der Waals surface area contributed by atoms with Crippen molar-refractivity contribution in [1.29, 1.82) is 0 Å². The van der Waals surface area contributed by atoms with E-state index in [4.69, 9.17) is 9.47 Å². The van der Waals surface area contributed by atoms with Crippen molar-refractivity contribution in [3.63, 3.8) is 0 Å². The van der Waals surface area contributed by atoms with Crippen LogP contribution in [0.25, 0.3) is 11.1 Å². The van der Waals surface area contributed by atoms with Crippen LogP contribution in [-0.2, 0) is 21.5 Å². The third-order valence-corrected chi connectivity index (χ3v) is 8.03. The molecule has 0 saturated heterocycles. The second-order valence-electron chi connectivity index (χ2n) is 9.36. The standard InChI is InChI=1S/C24H30Br4O2/c1-23(2,3)17-9-13(15(11-25)19(27)21(17)29-7)14-10-18(24(4,5)6)22(30-8)20(28)16(14)12-26/h9-10H,11-12H2,1-8H3. The van der Waals surface area contributed by atoms with Crippen molar-refractivity contribution >= 4 is 63.7 Å². The zero-order chi connectivity index (χ0) is 23.0. The molecule has 0 radical (unpaired) electrons. The maximum atomic E-state index is 5.82. The summed E-state index contributed by atoms with van der Waals surface area (Å²) in [5, 5.41) is 1.42. The average molecular weight is 670 g/mol. The maximum Gasteiger partial charge on any atom is 0.137 e. The van der Waals surface area contributed by atoms with E-state index in [1.165, 1.54) is 33.4 Å². The SMILES string of the molecule is COc1c(C(C)(C)C)cc(-c2cc(C(C)(C)C)c(OC)c(Br)c2CBr)c(CBr)c1Br. The van der Waals surface area contributed by atoms with E-state index in [-0.39, 0.29) is 10.8 Å². The minimum atomic E-state index is -0.0709. The van der Waals surface area contributed by atoms with Crippen LogP contribution in [0.3, 0.4) is 0 Å². The first kappa shape index (κ1) is 26.2. The fraction of sp³-hybridized carbons (Fsp3) is 0.500. The van der Waals surface area contributed by atoms with Crippen LogP contribution >= 0.6 is 63.7 Å². The summed E-state index contributed by atoms with van der Waals surface area (Å²) in [4.78, 5) is 0. The minimum absolute atomic E-state index is 0.0709. The number of halogens is 4.